The molecule has 270 valence electrons. The highest BCUT2D eigenvalue weighted by Gasteiger charge is 2.43. The highest BCUT2D eigenvalue weighted by atomic mass is 32.2. The van der Waals surface area contributed by atoms with Gasteiger partial charge in [-0.3, -0.25) is 33.6 Å². The number of aromatic amines is 1. The summed E-state index contributed by atoms with van der Waals surface area (Å²) in [6.45, 7) is 6.05. The molecule has 1 aromatic heterocycles. The van der Waals surface area contributed by atoms with Gasteiger partial charge in [0, 0.05) is 36.0 Å². The van der Waals surface area contributed by atoms with E-state index in [-0.39, 0.29) is 38.0 Å². The number of carbonyl (C=O) groups excluding carboxylic acids is 7. The number of amides is 7. The Morgan fingerprint density at radius 3 is 2.00 bits per heavy atom. The number of rotatable bonds is 2. The Labute approximate surface area is 293 Å². The van der Waals surface area contributed by atoms with Gasteiger partial charge in [-0.05, 0) is 38.3 Å². The van der Waals surface area contributed by atoms with Gasteiger partial charge in [0.25, 0.3) is 0 Å². The number of nitrogens with zero attached hydrogens (tertiary/aromatic N) is 1. The van der Waals surface area contributed by atoms with Crippen molar-refractivity contribution in [3.63, 3.8) is 0 Å². The van der Waals surface area contributed by atoms with Gasteiger partial charge in [0.1, 0.15) is 42.3 Å². The zero-order chi connectivity index (χ0) is 36.3. The summed E-state index contributed by atoms with van der Waals surface area (Å²) < 4.78 is 0. The van der Waals surface area contributed by atoms with Crippen LogP contribution in [0.15, 0.2) is 29.3 Å². The van der Waals surface area contributed by atoms with Crippen LogP contribution < -0.4 is 31.9 Å². The second-order valence-corrected chi connectivity index (χ2v) is 13.9. The summed E-state index contributed by atoms with van der Waals surface area (Å²) in [4.78, 5) is 100.0. The molecule has 17 heteroatoms. The van der Waals surface area contributed by atoms with Crippen LogP contribution >= 0.6 is 11.8 Å². The number of aliphatic hydroxyl groups excluding tert-OH is 1. The van der Waals surface area contributed by atoms with Crippen LogP contribution in [-0.2, 0) is 40.0 Å². The fourth-order valence-corrected chi connectivity index (χ4v) is 7.47. The summed E-state index contributed by atoms with van der Waals surface area (Å²) in [5, 5.41) is 27.9. The van der Waals surface area contributed by atoms with E-state index in [0.29, 0.717) is 10.6 Å². The standard InChI is InChI=1S/C33H44N8O8S/c1-5-20-28(45)34-15(3)26(43)36-21(6-2)29(46)39-24-14-50-32-19(18-9-7-8-10-22(18)40-32)12-23(30(47)37-20)38-27(44)16(4)35-31(48)25-11-17(42)13-41(25)33(24)49/h7-10,15-17,20-21,23-25,40,42H,5-6,11-14H2,1-4H3,(H,34,45)(H,35,48)(H,36,43)(H,37,47)(H,38,44)(H,39,46)/t15-,16-,17-,20-,21+,23-,24-,25-/m0/s1. The minimum absolute atomic E-state index is 0.0281. The molecule has 50 heavy (non-hydrogen) atoms. The van der Waals surface area contributed by atoms with E-state index in [0.717, 1.165) is 10.9 Å². The number of carbonyl (C=O) groups is 7. The first-order valence-electron chi connectivity index (χ1n) is 16.8. The number of benzene rings is 1. The van der Waals surface area contributed by atoms with Gasteiger partial charge in [-0.1, -0.05) is 32.0 Å². The summed E-state index contributed by atoms with van der Waals surface area (Å²) in [7, 11) is 0. The molecule has 0 aliphatic carbocycles. The van der Waals surface area contributed by atoms with Crippen molar-refractivity contribution in [1.29, 1.82) is 0 Å². The number of fused-ring (bicyclic) bond motifs is 5. The molecule has 16 nitrogen and oxygen atoms in total. The molecule has 1 saturated heterocycles. The van der Waals surface area contributed by atoms with Crippen LogP contribution in [0, 0.1) is 0 Å². The Morgan fingerprint density at radius 2 is 1.32 bits per heavy atom. The predicted molar refractivity (Wildman–Crippen MR) is 182 cm³/mol. The minimum atomic E-state index is -1.22. The molecule has 8 N–H and O–H groups in total. The zero-order valence-corrected chi connectivity index (χ0v) is 29.1. The molecule has 1 aromatic carbocycles. The SMILES string of the molecule is CC[C@@H]1NC(=O)[C@@H]2Cc3c([nH]c4ccccc34)SC[C@H](NC(=O)[C@@H](CC)NC(=O)[C@H](C)NC1=O)C(=O)N1C[C@@H](O)C[C@H]1C(=O)N[C@@H](C)C(=O)N2. The van der Waals surface area contributed by atoms with Crippen LogP contribution in [0.1, 0.15) is 52.5 Å². The van der Waals surface area contributed by atoms with E-state index in [1.54, 1.807) is 13.8 Å². The summed E-state index contributed by atoms with van der Waals surface area (Å²) in [5.41, 5.74) is 1.38. The maximum absolute atomic E-state index is 14.2. The Hall–Kier alpha value is -4.64. The first-order valence-corrected chi connectivity index (χ1v) is 17.8. The van der Waals surface area contributed by atoms with E-state index in [9.17, 15) is 38.7 Å². The Balaban J connectivity index is 1.66. The number of hydrogen-bond acceptors (Lipinski definition) is 9. The quantitative estimate of drug-likeness (QED) is 0.182. The number of aromatic nitrogens is 1. The maximum Gasteiger partial charge on any atom is 0.246 e. The minimum Gasteiger partial charge on any atom is -0.391 e. The third-order valence-electron chi connectivity index (χ3n) is 9.28. The smallest absolute Gasteiger partial charge is 0.246 e. The van der Waals surface area contributed by atoms with Crippen LogP contribution in [0.2, 0.25) is 0 Å². The molecule has 8 atom stereocenters. The normalized spacial score (nSPS) is 30.7. The van der Waals surface area contributed by atoms with Gasteiger partial charge < -0.3 is 46.9 Å². The lowest BCUT2D eigenvalue weighted by molar-refractivity contribution is -0.142. The van der Waals surface area contributed by atoms with Gasteiger partial charge in [-0.2, -0.15) is 0 Å². The number of H-pyrrole nitrogens is 1. The third-order valence-corrected chi connectivity index (χ3v) is 10.4. The third kappa shape index (κ3) is 7.88. The predicted octanol–water partition coefficient (Wildman–Crippen LogP) is -1.44. The largest absolute Gasteiger partial charge is 0.391 e. The highest BCUT2D eigenvalue weighted by molar-refractivity contribution is 7.99. The van der Waals surface area contributed by atoms with E-state index in [1.807, 2.05) is 24.3 Å². The van der Waals surface area contributed by atoms with E-state index in [2.05, 4.69) is 36.9 Å². The Morgan fingerprint density at radius 1 is 0.740 bits per heavy atom. The summed E-state index contributed by atoms with van der Waals surface area (Å²) in [5.74, 6) is -4.67. The molecule has 7 amide bonds. The van der Waals surface area contributed by atoms with Gasteiger partial charge >= 0.3 is 0 Å². The Kier molecular flexibility index (Phi) is 11.4. The molecule has 0 unspecified atom stereocenters. The second kappa shape index (κ2) is 15.5. The van der Waals surface area contributed by atoms with E-state index >= 15 is 0 Å². The Bertz CT molecular complexity index is 1680. The van der Waals surface area contributed by atoms with Crippen molar-refractivity contribution in [2.24, 2.45) is 0 Å². The molecule has 0 radical (unpaired) electrons. The number of aliphatic hydroxyl groups is 1. The van der Waals surface area contributed by atoms with Crippen LogP contribution in [0.25, 0.3) is 10.9 Å². The molecule has 4 heterocycles. The molecule has 1 fully saturated rings. The summed E-state index contributed by atoms with van der Waals surface area (Å²) in [6, 6.07) is -0.652. The fraction of sp³-hybridized carbons (Fsp3) is 0.545. The van der Waals surface area contributed by atoms with Crippen LogP contribution in [0.3, 0.4) is 0 Å². The van der Waals surface area contributed by atoms with Crippen LogP contribution in [-0.4, -0.2) is 117 Å². The number of hydrogen-bond donors (Lipinski definition) is 8. The first-order chi connectivity index (χ1) is 23.8. The molecule has 5 rings (SSSR count). The number of nitrogens with one attached hydrogen (secondary N) is 7. The molecule has 3 aliphatic rings. The topological polar surface area (TPSA) is 231 Å². The van der Waals surface area contributed by atoms with Crippen LogP contribution in [0.5, 0.6) is 0 Å². The summed E-state index contributed by atoms with van der Waals surface area (Å²) >= 11 is 1.20. The summed E-state index contributed by atoms with van der Waals surface area (Å²) in [6.07, 6.45) is -0.856. The van der Waals surface area contributed by atoms with E-state index < -0.39 is 89.7 Å². The number of thioether (sulfide) groups is 1. The molecular formula is C33H44N8O8S. The molecule has 2 bridgehead atoms. The van der Waals surface area contributed by atoms with E-state index in [4.69, 9.17) is 0 Å². The van der Waals surface area contributed by atoms with Crippen molar-refractivity contribution < 1.29 is 38.7 Å². The van der Waals surface area contributed by atoms with Gasteiger partial charge in [0.2, 0.25) is 41.4 Å². The monoisotopic (exact) mass is 712 g/mol. The zero-order valence-electron chi connectivity index (χ0n) is 28.3. The van der Waals surface area contributed by atoms with Crippen molar-refractivity contribution in [2.45, 2.75) is 107 Å². The lowest BCUT2D eigenvalue weighted by Crippen LogP contribution is -2.59. The van der Waals surface area contributed by atoms with Crippen molar-refractivity contribution in [1.82, 2.24) is 41.8 Å². The molecule has 0 saturated carbocycles. The van der Waals surface area contributed by atoms with Gasteiger partial charge in [0.15, 0.2) is 0 Å². The fourth-order valence-electron chi connectivity index (χ4n) is 6.36. The molecule has 3 aliphatic heterocycles. The van der Waals surface area contributed by atoms with Gasteiger partial charge in [0.05, 0.1) is 11.1 Å². The van der Waals surface area contributed by atoms with Crippen molar-refractivity contribution in [3.05, 3.63) is 29.8 Å². The van der Waals surface area contributed by atoms with Crippen molar-refractivity contribution >= 4 is 64.0 Å². The average molecular weight is 713 g/mol. The lowest BCUT2D eigenvalue weighted by Gasteiger charge is -2.30. The lowest BCUT2D eigenvalue weighted by atomic mass is 10.0. The van der Waals surface area contributed by atoms with Crippen molar-refractivity contribution in [2.75, 3.05) is 12.3 Å². The highest BCUT2D eigenvalue weighted by Crippen LogP contribution is 2.32. The molecule has 2 aromatic rings. The number of para-hydroxylation sites is 1. The van der Waals surface area contributed by atoms with Gasteiger partial charge in [-0.15, -0.1) is 11.8 Å². The van der Waals surface area contributed by atoms with E-state index in [1.165, 1.54) is 30.5 Å². The van der Waals surface area contributed by atoms with Crippen LogP contribution in [0.4, 0.5) is 0 Å². The average Bonchev–Trinajstić information content (AvgIpc) is 3.65. The van der Waals surface area contributed by atoms with Gasteiger partial charge in [-0.25, -0.2) is 0 Å². The molecular weight excluding hydrogens is 668 g/mol. The first kappa shape index (κ1) is 36.6. The maximum atomic E-state index is 14.2. The second-order valence-electron chi connectivity index (χ2n) is 12.9. The molecule has 0 spiro atoms. The van der Waals surface area contributed by atoms with Crippen molar-refractivity contribution in [3.8, 4) is 0 Å².